The van der Waals surface area contributed by atoms with Crippen LogP contribution in [-0.4, -0.2) is 96.7 Å². The standard InChI is InChI=1S/C73H142O17P2/c1-63(2)49-41-33-25-17-13-11-9-10-12-14-19-29-37-45-53-70(75)83-59-69(90-73(78)56-48-40-32-24-22-28-36-44-52-66(7)8)62-88-92(81,82)86-58-67(74)57-85-91(79,80)87-61-68(60-84-71(76)54-46-38-30-23-21-27-35-43-51-65(5)6)89-72(77)55-47-39-31-20-16-15-18-26-34-42-50-64(3)4/h63-69,74H,9-62H2,1-8H3,(H,79,80)(H,81,82)/t67?,68-,69-/m1/s1. The van der Waals surface area contributed by atoms with E-state index in [0.29, 0.717) is 25.7 Å². The zero-order valence-electron chi connectivity index (χ0n) is 60.2. The number of esters is 4. The number of hydrogen-bond acceptors (Lipinski definition) is 15. The molecule has 3 unspecified atom stereocenters. The SMILES string of the molecule is CC(C)CCCCCCCCCCCCCCCCC(=O)OC[C@H](COP(=O)(O)OCC(O)COP(=O)(O)OC[C@@H](COC(=O)CCCCCCCCCCC(C)C)OC(=O)CCCCCCCCCCCCC(C)C)OC(=O)CCCCCCCCCCC(C)C. The van der Waals surface area contributed by atoms with Gasteiger partial charge in [0, 0.05) is 25.7 Å². The first kappa shape index (κ1) is 90.1. The van der Waals surface area contributed by atoms with Gasteiger partial charge in [-0.1, -0.05) is 312 Å². The van der Waals surface area contributed by atoms with Crippen LogP contribution in [0.5, 0.6) is 0 Å². The molecule has 546 valence electrons. The summed E-state index contributed by atoms with van der Waals surface area (Å²) < 4.78 is 68.4. The number of carbonyl (C=O) groups excluding carboxylic acids is 4. The maximum absolute atomic E-state index is 13.0. The van der Waals surface area contributed by atoms with E-state index in [-0.39, 0.29) is 25.7 Å². The third-order valence-electron chi connectivity index (χ3n) is 16.8. The molecule has 0 amide bonds. The highest BCUT2D eigenvalue weighted by Crippen LogP contribution is 2.45. The minimum absolute atomic E-state index is 0.104. The largest absolute Gasteiger partial charge is 0.472 e. The van der Waals surface area contributed by atoms with Crippen molar-refractivity contribution in [3.05, 3.63) is 0 Å². The van der Waals surface area contributed by atoms with Crippen molar-refractivity contribution < 1.29 is 80.2 Å². The van der Waals surface area contributed by atoms with Crippen LogP contribution in [0, 0.1) is 23.7 Å². The molecule has 17 nitrogen and oxygen atoms in total. The molecule has 5 atom stereocenters. The lowest BCUT2D eigenvalue weighted by molar-refractivity contribution is -0.161. The second-order valence-corrected chi connectivity index (χ2v) is 31.1. The molecule has 19 heteroatoms. The maximum atomic E-state index is 13.0. The zero-order chi connectivity index (χ0) is 68.2. The summed E-state index contributed by atoms with van der Waals surface area (Å²) in [5, 5.41) is 10.6. The van der Waals surface area contributed by atoms with E-state index in [1.54, 1.807) is 0 Å². The number of hydrogen-bond donors (Lipinski definition) is 3. The van der Waals surface area contributed by atoms with Crippen LogP contribution in [0.25, 0.3) is 0 Å². The summed E-state index contributed by atoms with van der Waals surface area (Å²) in [6, 6.07) is 0. The van der Waals surface area contributed by atoms with Crippen LogP contribution in [0.1, 0.15) is 364 Å². The number of unbranched alkanes of at least 4 members (excludes halogenated alkanes) is 36. The van der Waals surface area contributed by atoms with Crippen LogP contribution in [-0.2, 0) is 65.4 Å². The monoisotopic (exact) mass is 1350 g/mol. The van der Waals surface area contributed by atoms with Crippen molar-refractivity contribution in [2.45, 2.75) is 382 Å². The van der Waals surface area contributed by atoms with Gasteiger partial charge in [0.2, 0.25) is 0 Å². The third kappa shape index (κ3) is 66.7. The highest BCUT2D eigenvalue weighted by Gasteiger charge is 2.30. The van der Waals surface area contributed by atoms with Gasteiger partial charge in [0.1, 0.15) is 19.3 Å². The topological polar surface area (TPSA) is 237 Å². The van der Waals surface area contributed by atoms with Gasteiger partial charge in [-0.25, -0.2) is 9.13 Å². The van der Waals surface area contributed by atoms with E-state index in [1.807, 2.05) is 0 Å². The Morgan fingerprint density at radius 3 is 0.674 bits per heavy atom. The minimum atomic E-state index is -4.95. The van der Waals surface area contributed by atoms with E-state index in [9.17, 15) is 43.2 Å². The van der Waals surface area contributed by atoms with Crippen molar-refractivity contribution in [1.82, 2.24) is 0 Å². The summed E-state index contributed by atoms with van der Waals surface area (Å²) in [7, 11) is -9.91. The molecule has 92 heavy (non-hydrogen) atoms. The van der Waals surface area contributed by atoms with Gasteiger partial charge in [0.25, 0.3) is 0 Å². The maximum Gasteiger partial charge on any atom is 0.472 e. The number of aliphatic hydroxyl groups excluding tert-OH is 1. The number of aliphatic hydroxyl groups is 1. The van der Waals surface area contributed by atoms with Crippen LogP contribution in [0.2, 0.25) is 0 Å². The number of rotatable bonds is 70. The fraction of sp³-hybridized carbons (Fsp3) is 0.945. The Balaban J connectivity index is 5.23. The fourth-order valence-electron chi connectivity index (χ4n) is 11.0. The highest BCUT2D eigenvalue weighted by molar-refractivity contribution is 7.47. The summed E-state index contributed by atoms with van der Waals surface area (Å²) in [6.07, 6.45) is 45.9. The van der Waals surface area contributed by atoms with Gasteiger partial charge in [-0.3, -0.25) is 37.3 Å². The van der Waals surface area contributed by atoms with Crippen molar-refractivity contribution in [3.8, 4) is 0 Å². The molecule has 0 aromatic rings. The van der Waals surface area contributed by atoms with E-state index in [2.05, 4.69) is 55.4 Å². The first-order chi connectivity index (χ1) is 44.1. The molecule has 0 aliphatic heterocycles. The van der Waals surface area contributed by atoms with Crippen molar-refractivity contribution in [3.63, 3.8) is 0 Å². The molecule has 0 bridgehead atoms. The Morgan fingerprint density at radius 1 is 0.272 bits per heavy atom. The van der Waals surface area contributed by atoms with Crippen LogP contribution >= 0.6 is 15.6 Å². The molecule has 0 aromatic heterocycles. The van der Waals surface area contributed by atoms with E-state index < -0.39 is 97.5 Å². The normalized spacial score (nSPS) is 14.2. The van der Waals surface area contributed by atoms with E-state index in [0.717, 1.165) is 114 Å². The molecule has 0 radical (unpaired) electrons. The molecule has 0 rings (SSSR count). The predicted molar refractivity (Wildman–Crippen MR) is 372 cm³/mol. The molecule has 0 spiro atoms. The molecular formula is C73H142O17P2. The number of carbonyl (C=O) groups is 4. The molecule has 0 aliphatic rings. The molecule has 0 saturated heterocycles. The van der Waals surface area contributed by atoms with Crippen LogP contribution in [0.3, 0.4) is 0 Å². The van der Waals surface area contributed by atoms with Crippen LogP contribution in [0.4, 0.5) is 0 Å². The van der Waals surface area contributed by atoms with E-state index in [1.165, 1.54) is 167 Å². The Hall–Kier alpha value is -1.94. The Bertz CT molecular complexity index is 1820. The van der Waals surface area contributed by atoms with Gasteiger partial charge >= 0.3 is 39.5 Å². The molecule has 0 saturated carbocycles. The van der Waals surface area contributed by atoms with E-state index >= 15 is 0 Å². The molecular weight excluding hydrogens is 1210 g/mol. The first-order valence-corrected chi connectivity index (χ1v) is 40.7. The van der Waals surface area contributed by atoms with Crippen molar-refractivity contribution in [2.75, 3.05) is 39.6 Å². The smallest absolute Gasteiger partial charge is 0.462 e. The second kappa shape index (κ2) is 62.6. The van der Waals surface area contributed by atoms with Crippen molar-refractivity contribution >= 4 is 39.5 Å². The predicted octanol–water partition coefficient (Wildman–Crippen LogP) is 20.9. The second-order valence-electron chi connectivity index (χ2n) is 28.2. The molecule has 0 heterocycles. The fourth-order valence-corrected chi connectivity index (χ4v) is 12.6. The highest BCUT2D eigenvalue weighted by atomic mass is 31.2. The summed E-state index contributed by atoms with van der Waals surface area (Å²) >= 11 is 0. The third-order valence-corrected chi connectivity index (χ3v) is 18.7. The number of phosphoric ester groups is 2. The molecule has 0 fully saturated rings. The lowest BCUT2D eigenvalue weighted by atomic mass is 10.0. The van der Waals surface area contributed by atoms with Crippen LogP contribution in [0.15, 0.2) is 0 Å². The Morgan fingerprint density at radius 2 is 0.457 bits per heavy atom. The molecule has 0 aliphatic carbocycles. The summed E-state index contributed by atoms with van der Waals surface area (Å²) in [4.78, 5) is 72.7. The first-order valence-electron chi connectivity index (χ1n) is 37.7. The lowest BCUT2D eigenvalue weighted by Crippen LogP contribution is -2.30. The number of phosphoric acid groups is 2. The summed E-state index contributed by atoms with van der Waals surface area (Å²) in [5.41, 5.74) is 0. The van der Waals surface area contributed by atoms with Crippen LogP contribution < -0.4 is 0 Å². The van der Waals surface area contributed by atoms with Gasteiger partial charge in [-0.05, 0) is 49.4 Å². The summed E-state index contributed by atoms with van der Waals surface area (Å²) in [6.45, 7) is 14.1. The summed E-state index contributed by atoms with van der Waals surface area (Å²) in [5.74, 6) is 0.869. The zero-order valence-corrected chi connectivity index (χ0v) is 62.0. The number of ether oxygens (including phenoxy) is 4. The quantitative estimate of drug-likeness (QED) is 0.0222. The van der Waals surface area contributed by atoms with Gasteiger partial charge in [-0.2, -0.15) is 0 Å². The van der Waals surface area contributed by atoms with Crippen molar-refractivity contribution in [2.24, 2.45) is 23.7 Å². The Labute approximate surface area is 562 Å². The van der Waals surface area contributed by atoms with Gasteiger partial charge < -0.3 is 33.8 Å². The minimum Gasteiger partial charge on any atom is -0.462 e. The average molecular weight is 1350 g/mol. The van der Waals surface area contributed by atoms with E-state index in [4.69, 9.17) is 37.0 Å². The molecule has 3 N–H and O–H groups in total. The Kier molecular flexibility index (Phi) is 61.3. The van der Waals surface area contributed by atoms with Crippen molar-refractivity contribution in [1.29, 1.82) is 0 Å². The molecule has 0 aromatic carbocycles. The van der Waals surface area contributed by atoms with Gasteiger partial charge in [0.05, 0.1) is 26.4 Å². The van der Waals surface area contributed by atoms with Gasteiger partial charge in [0.15, 0.2) is 12.2 Å². The van der Waals surface area contributed by atoms with Gasteiger partial charge in [-0.15, -0.1) is 0 Å². The lowest BCUT2D eigenvalue weighted by Gasteiger charge is -2.21. The average Bonchev–Trinajstić information content (AvgIpc) is 2.85.